The number of amides is 1. The van der Waals surface area contributed by atoms with Gasteiger partial charge in [0.15, 0.2) is 0 Å². The second kappa shape index (κ2) is 7.58. The molecule has 0 aliphatic rings. The number of unbranched alkanes of at least 4 members (excludes halogenated alkanes) is 3. The number of carbonyl (C=O) groups excluding carboxylic acids is 1. The van der Waals surface area contributed by atoms with Gasteiger partial charge in [-0.2, -0.15) is 0 Å². The highest BCUT2D eigenvalue weighted by atomic mass is 16.1. The highest BCUT2D eigenvalue weighted by Crippen LogP contribution is 1.99. The molecule has 0 aromatic heterocycles. The fourth-order valence-corrected chi connectivity index (χ4v) is 0.784. The molecule has 1 radical (unpaired) electrons. The van der Waals surface area contributed by atoms with E-state index in [4.69, 9.17) is 0 Å². The van der Waals surface area contributed by atoms with Crippen LogP contribution in [0.4, 0.5) is 0 Å². The van der Waals surface area contributed by atoms with Gasteiger partial charge in [0.05, 0.1) is 0 Å². The van der Waals surface area contributed by atoms with E-state index in [0.29, 0.717) is 6.42 Å². The molecule has 0 spiro atoms. The maximum absolute atomic E-state index is 10.7. The predicted octanol–water partition coefficient (Wildman–Crippen LogP) is 2.25. The van der Waals surface area contributed by atoms with Gasteiger partial charge in [-0.05, 0) is 6.42 Å². The number of hydrogen-bond acceptors (Lipinski definition) is 1. The van der Waals surface area contributed by atoms with Crippen molar-refractivity contribution in [3.63, 3.8) is 0 Å². The topological polar surface area (TPSA) is 29.1 Å². The number of hydrogen-bond donors (Lipinski definition) is 1. The molecule has 2 nitrogen and oxygen atoms in total. The zero-order valence-electron chi connectivity index (χ0n) is 7.52. The van der Waals surface area contributed by atoms with Gasteiger partial charge >= 0.3 is 0 Å². The van der Waals surface area contributed by atoms with Crippen LogP contribution in [-0.4, -0.2) is 5.91 Å². The third kappa shape index (κ3) is 7.37. The fraction of sp³-hybridized carbons (Fsp3) is 0.778. The van der Waals surface area contributed by atoms with Crippen LogP contribution in [0.2, 0.25) is 0 Å². The van der Waals surface area contributed by atoms with E-state index in [1.165, 1.54) is 19.3 Å². The summed E-state index contributed by atoms with van der Waals surface area (Å²) in [5.74, 6) is 0.112. The van der Waals surface area contributed by atoms with E-state index in [1.807, 2.05) is 13.5 Å². The van der Waals surface area contributed by atoms with Crippen LogP contribution in [0.1, 0.15) is 46.0 Å². The van der Waals surface area contributed by atoms with Crippen molar-refractivity contribution in [1.29, 1.82) is 0 Å². The molecule has 0 rings (SSSR count). The molecular weight excluding hydrogens is 138 g/mol. The molecule has 0 aliphatic carbocycles. The Labute approximate surface area is 69.4 Å². The fourth-order valence-electron chi connectivity index (χ4n) is 0.784. The Bertz CT molecular complexity index is 102. The Morgan fingerprint density at radius 2 is 2.09 bits per heavy atom. The summed E-state index contributed by atoms with van der Waals surface area (Å²) < 4.78 is 0. The lowest BCUT2D eigenvalue weighted by Crippen LogP contribution is -2.18. The molecule has 0 unspecified atom stereocenters. The molecule has 1 amide bonds. The molecule has 0 aliphatic heterocycles. The van der Waals surface area contributed by atoms with Crippen LogP contribution in [0.3, 0.4) is 0 Å². The molecule has 0 fully saturated rings. The highest BCUT2D eigenvalue weighted by Gasteiger charge is 1.94. The van der Waals surface area contributed by atoms with E-state index in [9.17, 15) is 4.79 Å². The molecular formula is C9H18NO. The lowest BCUT2D eigenvalue weighted by atomic mass is 10.2. The van der Waals surface area contributed by atoms with Crippen LogP contribution in [0.25, 0.3) is 0 Å². The van der Waals surface area contributed by atoms with Crippen molar-refractivity contribution < 1.29 is 4.79 Å². The monoisotopic (exact) mass is 156 g/mol. The number of nitrogens with one attached hydrogen (secondary N) is 1. The minimum absolute atomic E-state index is 0.112. The van der Waals surface area contributed by atoms with Crippen molar-refractivity contribution >= 4 is 5.91 Å². The van der Waals surface area contributed by atoms with Gasteiger partial charge < -0.3 is 5.32 Å². The third-order valence-corrected chi connectivity index (χ3v) is 1.54. The lowest BCUT2D eigenvalue weighted by molar-refractivity contribution is -0.120. The first-order chi connectivity index (χ1) is 5.31. The number of carbonyl (C=O) groups is 1. The van der Waals surface area contributed by atoms with Crippen molar-refractivity contribution in [3.8, 4) is 0 Å². The normalized spacial score (nSPS) is 9.64. The minimum atomic E-state index is 0.112. The second-order valence-electron chi connectivity index (χ2n) is 2.62. The summed E-state index contributed by atoms with van der Waals surface area (Å²) >= 11 is 0. The second-order valence-corrected chi connectivity index (χ2v) is 2.62. The van der Waals surface area contributed by atoms with Crippen molar-refractivity contribution in [2.45, 2.75) is 46.0 Å². The summed E-state index contributed by atoms with van der Waals surface area (Å²) in [6.45, 7) is 5.89. The SMILES string of the molecule is CCCCC[CH]NC(=O)CC. The molecule has 0 heterocycles. The van der Waals surface area contributed by atoms with Gasteiger partial charge in [0.1, 0.15) is 0 Å². The minimum Gasteiger partial charge on any atom is -0.351 e. The maximum atomic E-state index is 10.7. The molecule has 0 aromatic carbocycles. The zero-order valence-corrected chi connectivity index (χ0v) is 7.52. The average Bonchev–Trinajstić information content (AvgIpc) is 2.04. The first kappa shape index (κ1) is 10.5. The number of rotatable bonds is 6. The summed E-state index contributed by atoms with van der Waals surface area (Å²) in [6.07, 6.45) is 5.23. The van der Waals surface area contributed by atoms with E-state index in [0.717, 1.165) is 6.42 Å². The van der Waals surface area contributed by atoms with Crippen molar-refractivity contribution in [2.75, 3.05) is 0 Å². The first-order valence-corrected chi connectivity index (χ1v) is 4.42. The summed E-state index contributed by atoms with van der Waals surface area (Å²) in [7, 11) is 0. The zero-order chi connectivity index (χ0) is 8.53. The molecule has 1 N–H and O–H groups in total. The summed E-state index contributed by atoms with van der Waals surface area (Å²) in [5.41, 5.74) is 0. The molecule has 2 heteroatoms. The Morgan fingerprint density at radius 3 is 2.64 bits per heavy atom. The van der Waals surface area contributed by atoms with Gasteiger partial charge in [-0.3, -0.25) is 4.79 Å². The van der Waals surface area contributed by atoms with Crippen LogP contribution in [0.15, 0.2) is 0 Å². The van der Waals surface area contributed by atoms with Gasteiger partial charge in [-0.1, -0.05) is 33.1 Å². The van der Waals surface area contributed by atoms with E-state index >= 15 is 0 Å². The van der Waals surface area contributed by atoms with E-state index < -0.39 is 0 Å². The molecule has 0 bridgehead atoms. The Kier molecular flexibility index (Phi) is 7.21. The standard InChI is InChI=1S/C9H18NO/c1-3-5-6-7-8-10-9(11)4-2/h8H,3-7H2,1-2H3,(H,10,11). The van der Waals surface area contributed by atoms with Crippen molar-refractivity contribution in [1.82, 2.24) is 5.32 Å². The van der Waals surface area contributed by atoms with Crippen molar-refractivity contribution in [3.05, 3.63) is 6.54 Å². The van der Waals surface area contributed by atoms with Gasteiger partial charge in [0.2, 0.25) is 5.91 Å². The van der Waals surface area contributed by atoms with Crippen LogP contribution in [-0.2, 0) is 4.79 Å². The maximum Gasteiger partial charge on any atom is 0.220 e. The molecule has 11 heavy (non-hydrogen) atoms. The van der Waals surface area contributed by atoms with Crippen molar-refractivity contribution in [2.24, 2.45) is 0 Å². The van der Waals surface area contributed by atoms with E-state index in [2.05, 4.69) is 12.2 Å². The predicted molar refractivity (Wildman–Crippen MR) is 46.9 cm³/mol. The van der Waals surface area contributed by atoms with E-state index in [1.54, 1.807) is 0 Å². The molecule has 65 valence electrons. The Hall–Kier alpha value is -0.530. The quantitative estimate of drug-likeness (QED) is 0.587. The summed E-state index contributed by atoms with van der Waals surface area (Å²) in [4.78, 5) is 10.7. The third-order valence-electron chi connectivity index (χ3n) is 1.54. The Morgan fingerprint density at radius 1 is 1.36 bits per heavy atom. The van der Waals surface area contributed by atoms with Gasteiger partial charge in [0.25, 0.3) is 0 Å². The summed E-state index contributed by atoms with van der Waals surface area (Å²) in [6, 6.07) is 0. The van der Waals surface area contributed by atoms with Crippen LogP contribution in [0.5, 0.6) is 0 Å². The van der Waals surface area contributed by atoms with Crippen LogP contribution in [0, 0.1) is 6.54 Å². The van der Waals surface area contributed by atoms with Gasteiger partial charge in [-0.25, -0.2) is 0 Å². The average molecular weight is 156 g/mol. The molecule has 0 saturated heterocycles. The Balaban J connectivity index is 2.95. The summed E-state index contributed by atoms with van der Waals surface area (Å²) in [5, 5.41) is 2.73. The highest BCUT2D eigenvalue weighted by molar-refractivity contribution is 5.76. The van der Waals surface area contributed by atoms with Crippen LogP contribution >= 0.6 is 0 Å². The van der Waals surface area contributed by atoms with Gasteiger partial charge in [0, 0.05) is 13.0 Å². The molecule has 0 saturated carbocycles. The van der Waals surface area contributed by atoms with Crippen LogP contribution < -0.4 is 5.32 Å². The lowest BCUT2D eigenvalue weighted by Gasteiger charge is -2.00. The smallest absolute Gasteiger partial charge is 0.220 e. The van der Waals surface area contributed by atoms with Gasteiger partial charge in [-0.15, -0.1) is 0 Å². The molecule has 0 atom stereocenters. The van der Waals surface area contributed by atoms with E-state index in [-0.39, 0.29) is 5.91 Å². The molecule has 0 aromatic rings. The first-order valence-electron chi connectivity index (χ1n) is 4.42. The largest absolute Gasteiger partial charge is 0.351 e.